The second-order valence-electron chi connectivity index (χ2n) is 8.16. The average Bonchev–Trinajstić information content (AvgIpc) is 2.90. The summed E-state index contributed by atoms with van der Waals surface area (Å²) < 4.78 is 25.5. The topological polar surface area (TPSA) is 86.6 Å². The Morgan fingerprint density at radius 3 is 2.39 bits per heavy atom. The Morgan fingerprint density at radius 1 is 0.972 bits per heavy atom. The van der Waals surface area contributed by atoms with Crippen LogP contribution in [0.2, 0.25) is 0 Å². The van der Waals surface area contributed by atoms with Crippen molar-refractivity contribution < 1.29 is 23.5 Å². The second kappa shape index (κ2) is 10.4. The number of carbonyl (C=O) groups is 2. The molecular formula is C28H25FN2O5. The van der Waals surface area contributed by atoms with Crippen LogP contribution < -0.4 is 20.2 Å². The zero-order valence-corrected chi connectivity index (χ0v) is 20.1. The number of hydrogen-bond acceptors (Lipinski definition) is 5. The number of nitrogens with zero attached hydrogens (tertiary/aromatic N) is 1. The van der Waals surface area contributed by atoms with Crippen LogP contribution in [0.25, 0.3) is 10.9 Å². The molecule has 0 spiro atoms. The van der Waals surface area contributed by atoms with Gasteiger partial charge in [0.1, 0.15) is 23.9 Å². The smallest absolute Gasteiger partial charge is 0.244 e. The fraction of sp³-hybridized carbons (Fsp3) is 0.179. The summed E-state index contributed by atoms with van der Waals surface area (Å²) in [5, 5.41) is 3.14. The number of amides is 1. The minimum absolute atomic E-state index is 0.0998. The first-order valence-corrected chi connectivity index (χ1v) is 11.3. The number of nitrogens with one attached hydrogen (secondary N) is 1. The predicted octanol–water partition coefficient (Wildman–Crippen LogP) is 4.59. The third kappa shape index (κ3) is 4.98. The van der Waals surface area contributed by atoms with Gasteiger partial charge in [-0.05, 0) is 60.5 Å². The summed E-state index contributed by atoms with van der Waals surface area (Å²) in [5.74, 6) is -0.419. The average molecular weight is 489 g/mol. The number of rotatable bonds is 8. The van der Waals surface area contributed by atoms with Crippen LogP contribution in [0.3, 0.4) is 0 Å². The van der Waals surface area contributed by atoms with Gasteiger partial charge in [-0.3, -0.25) is 14.4 Å². The van der Waals surface area contributed by atoms with Crippen molar-refractivity contribution in [3.63, 3.8) is 0 Å². The molecule has 1 N–H and O–H groups in total. The van der Waals surface area contributed by atoms with Gasteiger partial charge in [-0.25, -0.2) is 4.39 Å². The molecule has 1 aromatic heterocycles. The summed E-state index contributed by atoms with van der Waals surface area (Å²) in [6.45, 7) is 1.80. The Hall–Kier alpha value is -4.46. The van der Waals surface area contributed by atoms with Crippen LogP contribution in [0.4, 0.5) is 10.1 Å². The summed E-state index contributed by atoms with van der Waals surface area (Å²) in [4.78, 5) is 39.5. The van der Waals surface area contributed by atoms with E-state index in [2.05, 4.69) is 5.32 Å². The SMILES string of the molecule is CCc1ccc2c(c1)c(=O)c(C(=O)c1ccc(F)cc1)cn2CC(=O)Nc1ccc(OC)cc1OC. The van der Waals surface area contributed by atoms with Gasteiger partial charge in [-0.2, -0.15) is 0 Å². The van der Waals surface area contributed by atoms with Crippen LogP contribution in [0.1, 0.15) is 28.4 Å². The van der Waals surface area contributed by atoms with E-state index in [9.17, 15) is 18.8 Å². The summed E-state index contributed by atoms with van der Waals surface area (Å²) in [6.07, 6.45) is 2.08. The fourth-order valence-electron chi connectivity index (χ4n) is 3.96. The number of aromatic nitrogens is 1. The monoisotopic (exact) mass is 488 g/mol. The highest BCUT2D eigenvalue weighted by Gasteiger charge is 2.19. The van der Waals surface area contributed by atoms with Crippen molar-refractivity contribution in [1.82, 2.24) is 4.57 Å². The number of hydrogen-bond donors (Lipinski definition) is 1. The van der Waals surface area contributed by atoms with Crippen molar-refractivity contribution in [2.75, 3.05) is 19.5 Å². The van der Waals surface area contributed by atoms with E-state index in [1.54, 1.807) is 34.9 Å². The van der Waals surface area contributed by atoms with Crippen molar-refractivity contribution in [2.24, 2.45) is 0 Å². The fourth-order valence-corrected chi connectivity index (χ4v) is 3.96. The number of methoxy groups -OCH3 is 2. The first-order valence-electron chi connectivity index (χ1n) is 11.3. The molecule has 0 aliphatic rings. The third-order valence-electron chi connectivity index (χ3n) is 5.90. The maximum Gasteiger partial charge on any atom is 0.244 e. The summed E-state index contributed by atoms with van der Waals surface area (Å²) in [6, 6.07) is 15.4. The minimum atomic E-state index is -0.546. The van der Waals surface area contributed by atoms with Gasteiger partial charge in [-0.15, -0.1) is 0 Å². The molecule has 0 fully saturated rings. The Morgan fingerprint density at radius 2 is 1.72 bits per heavy atom. The van der Waals surface area contributed by atoms with E-state index >= 15 is 0 Å². The van der Waals surface area contributed by atoms with Crippen molar-refractivity contribution in [2.45, 2.75) is 19.9 Å². The molecule has 0 bridgehead atoms. The Labute approximate surface area is 207 Å². The Balaban J connectivity index is 1.75. The molecule has 1 amide bonds. The molecule has 4 rings (SSSR count). The van der Waals surface area contributed by atoms with Gasteiger partial charge in [0.05, 0.1) is 31.0 Å². The molecule has 7 nitrogen and oxygen atoms in total. The molecule has 8 heteroatoms. The molecule has 36 heavy (non-hydrogen) atoms. The van der Waals surface area contributed by atoms with Crippen molar-refractivity contribution >= 4 is 28.3 Å². The lowest BCUT2D eigenvalue weighted by Crippen LogP contribution is -2.24. The first-order chi connectivity index (χ1) is 17.3. The number of ketones is 1. The van der Waals surface area contributed by atoms with Crippen LogP contribution in [0.15, 0.2) is 71.7 Å². The third-order valence-corrected chi connectivity index (χ3v) is 5.90. The number of halogens is 1. The van der Waals surface area contributed by atoms with Gasteiger partial charge < -0.3 is 19.4 Å². The normalized spacial score (nSPS) is 10.8. The molecule has 1 heterocycles. The van der Waals surface area contributed by atoms with Crippen molar-refractivity contribution in [3.05, 3.63) is 99.6 Å². The van der Waals surface area contributed by atoms with E-state index in [1.807, 2.05) is 13.0 Å². The molecule has 0 aliphatic heterocycles. The molecule has 184 valence electrons. The zero-order chi connectivity index (χ0) is 25.8. The second-order valence-corrected chi connectivity index (χ2v) is 8.16. The minimum Gasteiger partial charge on any atom is -0.497 e. The van der Waals surface area contributed by atoms with E-state index in [0.29, 0.717) is 34.5 Å². The number of pyridine rings is 1. The molecule has 0 saturated heterocycles. The number of fused-ring (bicyclic) bond motifs is 1. The summed E-state index contributed by atoms with van der Waals surface area (Å²) in [5.41, 5.74) is 1.53. The number of carbonyl (C=O) groups excluding carboxylic acids is 2. The molecule has 4 aromatic rings. The molecule has 0 radical (unpaired) electrons. The quantitative estimate of drug-likeness (QED) is 0.367. The lowest BCUT2D eigenvalue weighted by atomic mass is 10.0. The Kier molecular flexibility index (Phi) is 7.15. The highest BCUT2D eigenvalue weighted by Crippen LogP contribution is 2.29. The molecule has 3 aromatic carbocycles. The lowest BCUT2D eigenvalue weighted by Gasteiger charge is -2.15. The van der Waals surface area contributed by atoms with Gasteiger partial charge in [0.2, 0.25) is 11.3 Å². The van der Waals surface area contributed by atoms with Crippen LogP contribution in [0, 0.1) is 5.82 Å². The maximum atomic E-state index is 13.4. The van der Waals surface area contributed by atoms with Crippen LogP contribution >= 0.6 is 0 Å². The van der Waals surface area contributed by atoms with E-state index in [0.717, 1.165) is 17.7 Å². The molecule has 0 unspecified atom stereocenters. The lowest BCUT2D eigenvalue weighted by molar-refractivity contribution is -0.116. The van der Waals surface area contributed by atoms with E-state index < -0.39 is 17.0 Å². The van der Waals surface area contributed by atoms with Crippen LogP contribution in [-0.2, 0) is 17.8 Å². The van der Waals surface area contributed by atoms with Crippen LogP contribution in [0.5, 0.6) is 11.5 Å². The van der Waals surface area contributed by atoms with Gasteiger partial charge >= 0.3 is 0 Å². The maximum absolute atomic E-state index is 13.4. The summed E-state index contributed by atoms with van der Waals surface area (Å²) in [7, 11) is 3.02. The van der Waals surface area contributed by atoms with Crippen molar-refractivity contribution in [1.29, 1.82) is 0 Å². The Bertz CT molecular complexity index is 1510. The van der Waals surface area contributed by atoms with Crippen LogP contribution in [-0.4, -0.2) is 30.5 Å². The highest BCUT2D eigenvalue weighted by molar-refractivity contribution is 6.10. The standard InChI is InChI=1S/C28H25FN2O5/c1-4-17-5-12-24-21(13-17)28(34)22(27(33)18-6-8-19(29)9-7-18)15-31(24)16-26(32)30-23-11-10-20(35-2)14-25(23)36-3/h5-15H,4,16H2,1-3H3,(H,30,32). The van der Waals surface area contributed by atoms with Gasteiger partial charge in [0.15, 0.2) is 5.78 Å². The largest absolute Gasteiger partial charge is 0.497 e. The molecular weight excluding hydrogens is 463 g/mol. The molecule has 0 atom stereocenters. The van der Waals surface area contributed by atoms with E-state index in [1.165, 1.54) is 32.5 Å². The van der Waals surface area contributed by atoms with Crippen molar-refractivity contribution in [3.8, 4) is 11.5 Å². The van der Waals surface area contributed by atoms with Gasteiger partial charge in [-0.1, -0.05) is 13.0 Å². The number of anilines is 1. The molecule has 0 aliphatic carbocycles. The predicted molar refractivity (Wildman–Crippen MR) is 136 cm³/mol. The van der Waals surface area contributed by atoms with Gasteiger partial charge in [0, 0.05) is 23.2 Å². The first kappa shape index (κ1) is 24.7. The van der Waals surface area contributed by atoms with Gasteiger partial charge in [0.25, 0.3) is 0 Å². The molecule has 0 saturated carbocycles. The number of ether oxygens (including phenoxy) is 2. The zero-order valence-electron chi connectivity index (χ0n) is 20.1. The highest BCUT2D eigenvalue weighted by atomic mass is 19.1. The summed E-state index contributed by atoms with van der Waals surface area (Å²) >= 11 is 0. The number of benzene rings is 3. The van der Waals surface area contributed by atoms with E-state index in [4.69, 9.17) is 9.47 Å². The van der Waals surface area contributed by atoms with E-state index in [-0.39, 0.29) is 23.6 Å². The number of aryl methyl sites for hydroxylation is 1.